The second-order valence-corrected chi connectivity index (χ2v) is 10.4. The number of fused-ring (bicyclic) bond motifs is 1. The number of thiophene rings is 1. The fourth-order valence-electron chi connectivity index (χ4n) is 4.45. The van der Waals surface area contributed by atoms with Crippen molar-refractivity contribution in [3.05, 3.63) is 34.0 Å². The van der Waals surface area contributed by atoms with Gasteiger partial charge in [-0.2, -0.15) is 0 Å². The predicted molar refractivity (Wildman–Crippen MR) is 112 cm³/mol. The van der Waals surface area contributed by atoms with Crippen LogP contribution in [0.4, 0.5) is 0 Å². The van der Waals surface area contributed by atoms with Crippen LogP contribution in [0.25, 0.3) is 11.6 Å². The summed E-state index contributed by atoms with van der Waals surface area (Å²) in [6, 6.07) is 4.64. The standard InChI is InChI=1S/C20H25N5OS2/c1-13-5-6-16(28-13)20-9-15(20)10-25(11-20)7-4-8-27-19-23-22-18(24(19)3)17-14(2)21-12-26-17/h5-6,12,15H,4,7-11H2,1-3H3/t15-,20-/m0/s1. The van der Waals surface area contributed by atoms with Crippen molar-refractivity contribution in [2.75, 3.05) is 25.4 Å². The summed E-state index contributed by atoms with van der Waals surface area (Å²) in [7, 11) is 1.99. The lowest BCUT2D eigenvalue weighted by molar-refractivity contribution is 0.300. The van der Waals surface area contributed by atoms with E-state index in [1.54, 1.807) is 16.6 Å². The maximum absolute atomic E-state index is 5.45. The molecule has 0 amide bonds. The smallest absolute Gasteiger partial charge is 0.202 e. The summed E-state index contributed by atoms with van der Waals surface area (Å²) in [5, 5.41) is 9.55. The molecule has 28 heavy (non-hydrogen) atoms. The van der Waals surface area contributed by atoms with E-state index in [9.17, 15) is 0 Å². The quantitative estimate of drug-likeness (QED) is 0.431. The SMILES string of the molecule is Cc1ccc([C@]23C[C@H]2CN(CCCSc2nnc(-c4ocnc4C)n2C)C3)s1. The zero-order valence-corrected chi connectivity index (χ0v) is 18.1. The van der Waals surface area contributed by atoms with Crippen LogP contribution in [-0.2, 0) is 12.5 Å². The molecule has 1 aliphatic carbocycles. The van der Waals surface area contributed by atoms with Gasteiger partial charge in [-0.25, -0.2) is 4.98 Å². The van der Waals surface area contributed by atoms with Crippen LogP contribution in [0, 0.1) is 19.8 Å². The molecule has 8 heteroatoms. The summed E-state index contributed by atoms with van der Waals surface area (Å²) in [5.74, 6) is 3.37. The zero-order chi connectivity index (χ0) is 19.3. The number of thioether (sulfide) groups is 1. The van der Waals surface area contributed by atoms with Gasteiger partial charge in [0.2, 0.25) is 5.82 Å². The highest BCUT2D eigenvalue weighted by molar-refractivity contribution is 7.99. The fourth-order valence-corrected chi connectivity index (χ4v) is 6.42. The van der Waals surface area contributed by atoms with E-state index >= 15 is 0 Å². The Morgan fingerprint density at radius 1 is 1.32 bits per heavy atom. The summed E-state index contributed by atoms with van der Waals surface area (Å²) in [5.41, 5.74) is 1.33. The Bertz CT molecular complexity index is 993. The van der Waals surface area contributed by atoms with Crippen molar-refractivity contribution in [2.45, 2.75) is 37.3 Å². The van der Waals surface area contributed by atoms with Crippen LogP contribution in [0.15, 0.2) is 28.1 Å². The van der Waals surface area contributed by atoms with Crippen molar-refractivity contribution >= 4 is 23.1 Å². The highest BCUT2D eigenvalue weighted by atomic mass is 32.2. The number of aromatic nitrogens is 4. The Labute approximate surface area is 173 Å². The first-order valence-electron chi connectivity index (χ1n) is 9.79. The van der Waals surface area contributed by atoms with Crippen molar-refractivity contribution in [3.63, 3.8) is 0 Å². The average Bonchev–Trinajstić information content (AvgIpc) is 3.16. The van der Waals surface area contributed by atoms with Gasteiger partial charge in [0.1, 0.15) is 0 Å². The van der Waals surface area contributed by atoms with Crippen LogP contribution in [-0.4, -0.2) is 50.0 Å². The molecule has 3 aromatic rings. The van der Waals surface area contributed by atoms with Gasteiger partial charge >= 0.3 is 0 Å². The summed E-state index contributed by atoms with van der Waals surface area (Å²) in [6.45, 7) is 7.81. The molecule has 1 aliphatic heterocycles. The molecule has 4 heterocycles. The predicted octanol–water partition coefficient (Wildman–Crippen LogP) is 3.90. The number of oxazole rings is 1. The monoisotopic (exact) mass is 415 g/mol. The zero-order valence-electron chi connectivity index (χ0n) is 16.5. The van der Waals surface area contributed by atoms with Crippen LogP contribution in [0.1, 0.15) is 28.3 Å². The minimum Gasteiger partial charge on any atom is -0.440 e. The minimum atomic E-state index is 0.486. The number of aryl methyl sites for hydroxylation is 2. The number of hydrogen-bond donors (Lipinski definition) is 0. The van der Waals surface area contributed by atoms with Crippen LogP contribution < -0.4 is 0 Å². The number of rotatable bonds is 7. The van der Waals surface area contributed by atoms with Crippen molar-refractivity contribution in [2.24, 2.45) is 13.0 Å². The molecule has 6 nitrogen and oxygen atoms in total. The number of nitrogens with zero attached hydrogens (tertiary/aromatic N) is 5. The van der Waals surface area contributed by atoms with E-state index in [1.807, 2.05) is 29.9 Å². The van der Waals surface area contributed by atoms with Crippen LogP contribution in [0.2, 0.25) is 0 Å². The van der Waals surface area contributed by atoms with E-state index in [4.69, 9.17) is 4.42 Å². The Balaban J connectivity index is 1.12. The van der Waals surface area contributed by atoms with E-state index in [1.165, 1.54) is 43.7 Å². The first-order valence-corrected chi connectivity index (χ1v) is 11.6. The van der Waals surface area contributed by atoms with Crippen molar-refractivity contribution in [3.8, 4) is 11.6 Å². The van der Waals surface area contributed by atoms with E-state index in [-0.39, 0.29) is 0 Å². The molecule has 0 aromatic carbocycles. The van der Waals surface area contributed by atoms with E-state index in [0.29, 0.717) is 11.2 Å². The first kappa shape index (κ1) is 18.4. The van der Waals surface area contributed by atoms with Crippen molar-refractivity contribution in [1.29, 1.82) is 0 Å². The third-order valence-corrected chi connectivity index (χ3v) is 8.41. The summed E-state index contributed by atoms with van der Waals surface area (Å²) >= 11 is 3.76. The molecule has 0 N–H and O–H groups in total. The first-order chi connectivity index (χ1) is 13.6. The molecule has 5 rings (SSSR count). The second kappa shape index (κ2) is 7.00. The number of piperidine rings is 1. The van der Waals surface area contributed by atoms with Crippen molar-refractivity contribution in [1.82, 2.24) is 24.6 Å². The molecule has 2 fully saturated rings. The molecule has 2 atom stereocenters. The fraction of sp³-hybridized carbons (Fsp3) is 0.550. The molecule has 1 saturated carbocycles. The average molecular weight is 416 g/mol. The molecule has 3 aromatic heterocycles. The number of hydrogen-bond acceptors (Lipinski definition) is 7. The molecule has 148 valence electrons. The molecular weight excluding hydrogens is 390 g/mol. The van der Waals surface area contributed by atoms with Gasteiger partial charge in [0.15, 0.2) is 17.3 Å². The Morgan fingerprint density at radius 2 is 2.21 bits per heavy atom. The highest BCUT2D eigenvalue weighted by Gasteiger charge is 2.61. The van der Waals surface area contributed by atoms with Gasteiger partial charge < -0.3 is 13.9 Å². The minimum absolute atomic E-state index is 0.486. The van der Waals surface area contributed by atoms with Crippen molar-refractivity contribution < 1.29 is 4.42 Å². The van der Waals surface area contributed by atoms with Gasteiger partial charge in [-0.15, -0.1) is 21.5 Å². The molecular formula is C20H25N5OS2. The molecule has 0 bridgehead atoms. The normalized spacial score (nSPS) is 24.0. The van der Waals surface area contributed by atoms with Crippen LogP contribution >= 0.6 is 23.1 Å². The Morgan fingerprint density at radius 3 is 2.96 bits per heavy atom. The largest absolute Gasteiger partial charge is 0.440 e. The third kappa shape index (κ3) is 3.11. The van der Waals surface area contributed by atoms with Gasteiger partial charge in [0.05, 0.1) is 5.69 Å². The Hall–Kier alpha value is -1.64. The van der Waals surface area contributed by atoms with E-state index in [0.717, 1.165) is 28.3 Å². The van der Waals surface area contributed by atoms with Crippen LogP contribution in [0.5, 0.6) is 0 Å². The van der Waals surface area contributed by atoms with E-state index < -0.39 is 0 Å². The molecule has 1 saturated heterocycles. The van der Waals surface area contributed by atoms with E-state index in [2.05, 4.69) is 39.1 Å². The lowest BCUT2D eigenvalue weighted by Crippen LogP contribution is -2.27. The van der Waals surface area contributed by atoms with Gasteiger partial charge in [0, 0.05) is 41.1 Å². The lowest BCUT2D eigenvalue weighted by Gasteiger charge is -2.20. The lowest BCUT2D eigenvalue weighted by atomic mass is 10.0. The maximum Gasteiger partial charge on any atom is 0.202 e. The molecule has 0 unspecified atom stereocenters. The van der Waals surface area contributed by atoms with Gasteiger partial charge in [-0.1, -0.05) is 11.8 Å². The maximum atomic E-state index is 5.45. The molecule has 2 aliphatic rings. The Kier molecular flexibility index (Phi) is 4.60. The summed E-state index contributed by atoms with van der Waals surface area (Å²) in [6.07, 6.45) is 4.01. The second-order valence-electron chi connectivity index (χ2n) is 8.04. The summed E-state index contributed by atoms with van der Waals surface area (Å²) in [4.78, 5) is 9.85. The van der Waals surface area contributed by atoms with Gasteiger partial charge in [0.25, 0.3) is 0 Å². The molecule has 0 spiro atoms. The van der Waals surface area contributed by atoms with Gasteiger partial charge in [-0.05, 0) is 51.3 Å². The molecule has 0 radical (unpaired) electrons. The topological polar surface area (TPSA) is 60.0 Å². The van der Waals surface area contributed by atoms with Gasteiger partial charge in [-0.3, -0.25) is 0 Å². The third-order valence-electron chi connectivity index (χ3n) is 6.08. The summed E-state index contributed by atoms with van der Waals surface area (Å²) < 4.78 is 7.45. The number of likely N-dealkylation sites (tertiary alicyclic amines) is 1. The highest BCUT2D eigenvalue weighted by Crippen LogP contribution is 2.60. The van der Waals surface area contributed by atoms with Crippen LogP contribution in [0.3, 0.4) is 0 Å².